The van der Waals surface area contributed by atoms with Crippen molar-refractivity contribution in [1.82, 2.24) is 0 Å². The number of hydrogen-bond donors (Lipinski definition) is 0. The summed E-state index contributed by atoms with van der Waals surface area (Å²) in [5.41, 5.74) is 0. The molecule has 10 saturated heterocycles. The van der Waals surface area contributed by atoms with Crippen molar-refractivity contribution in [1.29, 1.82) is 0 Å². The molecule has 0 aromatic heterocycles. The van der Waals surface area contributed by atoms with Gasteiger partial charge >= 0.3 is 86.0 Å². The summed E-state index contributed by atoms with van der Waals surface area (Å²) in [6.07, 6.45) is 0. The number of Topliss-reactive ketones (excluding diaryl/α,β-unsaturated/α-hetero) is 1. The number of carbonyl (C=O) groups excluding carboxylic acids is 1. The van der Waals surface area contributed by atoms with Crippen LogP contribution in [0.3, 0.4) is 0 Å². The van der Waals surface area contributed by atoms with E-state index < -0.39 is 6.51 Å². The molecule has 0 aromatic rings. The van der Waals surface area contributed by atoms with E-state index in [1.807, 2.05) is 0 Å². The Balaban J connectivity index is 1.81. The van der Waals surface area contributed by atoms with Gasteiger partial charge in [0, 0.05) is 0 Å². The number of fused-ring (bicyclic) bond motifs is 10. The van der Waals surface area contributed by atoms with Gasteiger partial charge in [0.1, 0.15) is 0 Å². The van der Waals surface area contributed by atoms with Gasteiger partial charge in [-0.15, -0.1) is 0 Å². The summed E-state index contributed by atoms with van der Waals surface area (Å²) in [6, 6.07) is 0. The van der Waals surface area contributed by atoms with Crippen LogP contribution in [0.2, 0.25) is 47.7 Å². The second-order valence-corrected chi connectivity index (χ2v) is 34.4. The maximum absolute atomic E-state index is 12.6. The summed E-state index contributed by atoms with van der Waals surface area (Å²) in [4.78, 5) is 24.0. The maximum atomic E-state index is 12.6. The molecule has 0 bridgehead atoms. The van der Waals surface area contributed by atoms with Crippen LogP contribution in [0.1, 0.15) is 0 Å². The molecule has 10 heterocycles. The summed E-state index contributed by atoms with van der Waals surface area (Å²) < 4.78 is 0.516. The summed E-state index contributed by atoms with van der Waals surface area (Å²) >= 11 is 3.50. The normalized spacial score (nSPS) is 133. The number of alkyl halides is 1. The molecule has 10 rings (SSSR count). The van der Waals surface area contributed by atoms with E-state index in [4.69, 9.17) is 0 Å². The molecule has 10 aliphatic heterocycles. The number of ketones is 1. The molecule has 1 nitrogen and oxygen atoms in total. The quantitative estimate of drug-likeness (QED) is 0.561. The van der Waals surface area contributed by atoms with Gasteiger partial charge in [-0.05, 0) is 0 Å². The Bertz CT molecular complexity index is 865. The van der Waals surface area contributed by atoms with E-state index in [1.165, 1.54) is 33.7 Å². The van der Waals surface area contributed by atoms with Gasteiger partial charge in [-0.1, -0.05) is 0 Å². The van der Waals surface area contributed by atoms with Crippen LogP contribution in [0, 0.1) is 0 Å². The van der Waals surface area contributed by atoms with Crippen molar-refractivity contribution in [2.75, 3.05) is 5.33 Å². The average molecular weight is 307 g/mol. The minimum atomic E-state index is -3.01. The van der Waals surface area contributed by atoms with Crippen molar-refractivity contribution in [2.24, 2.45) is 0 Å². The summed E-state index contributed by atoms with van der Waals surface area (Å²) in [6.45, 7) is -3.01. The summed E-state index contributed by atoms with van der Waals surface area (Å²) in [5, 5.41) is 0.705. The molecule has 1 spiro atoms. The van der Waals surface area contributed by atoms with Crippen LogP contribution < -0.4 is 0 Å². The van der Waals surface area contributed by atoms with E-state index in [1.54, 1.807) is 0 Å². The van der Waals surface area contributed by atoms with E-state index in [-0.39, 0.29) is 0 Å². The second-order valence-electron chi connectivity index (χ2n) is 10.2. The predicted octanol–water partition coefficient (Wildman–Crippen LogP) is 3.71. The van der Waals surface area contributed by atoms with Gasteiger partial charge < -0.3 is 0 Å². The van der Waals surface area contributed by atoms with Crippen molar-refractivity contribution in [2.45, 2.75) is 47.7 Å². The van der Waals surface area contributed by atoms with Gasteiger partial charge in [0.05, 0.1) is 0 Å². The van der Waals surface area contributed by atoms with Crippen molar-refractivity contribution in [3.63, 3.8) is 0 Å². The van der Waals surface area contributed by atoms with E-state index in [0.29, 0.717) is 9.64 Å². The third-order valence-corrected chi connectivity index (χ3v) is 58.1. The number of hydrogen-bond acceptors (Lipinski definition) is 1. The molecule has 4 atom stereocenters. The first-order chi connectivity index (χ1) is 7.03. The van der Waals surface area contributed by atoms with Gasteiger partial charge in [-0.25, -0.2) is 0 Å². The van der Waals surface area contributed by atoms with Crippen molar-refractivity contribution in [3.8, 4) is 0 Å². The first kappa shape index (κ1) is 5.54. The van der Waals surface area contributed by atoms with E-state index in [2.05, 4.69) is 15.9 Å². The summed E-state index contributed by atoms with van der Waals surface area (Å²) in [7, 11) is 0. The van der Waals surface area contributed by atoms with Gasteiger partial charge in [0.25, 0.3) is 0 Å². The molecule has 3 heteroatoms. The molecule has 0 aliphatic carbocycles. The number of halogens is 1. The van der Waals surface area contributed by atoms with Crippen LogP contribution in [0.15, 0.2) is 0 Å². The molecule has 0 saturated carbocycles. The zero-order valence-corrected chi connectivity index (χ0v) is 10.7. The molecule has 10 aliphatic rings. The topological polar surface area (TPSA) is 17.1 Å². The Morgan fingerprint density at radius 2 is 1.47 bits per heavy atom. The third kappa shape index (κ3) is 0.0479. The van der Waals surface area contributed by atoms with E-state index in [0.717, 1.165) is 15.4 Å². The Morgan fingerprint density at radius 3 is 1.67 bits per heavy atom. The van der Waals surface area contributed by atoms with Crippen LogP contribution in [0.4, 0.5) is 0 Å². The molecule has 15 heavy (non-hydrogen) atoms. The fraction of sp³-hybridized carbons (Fsp3) is 0.917. The van der Waals surface area contributed by atoms with E-state index >= 15 is 0 Å². The average Bonchev–Trinajstić information content (AvgIpc) is 3.18. The molecular weight excluding hydrogens is 296 g/mol. The second kappa shape index (κ2) is 0.401. The van der Waals surface area contributed by atoms with Crippen molar-refractivity contribution >= 4 is 21.7 Å². The summed E-state index contributed by atoms with van der Waals surface area (Å²) in [5.74, 6) is 0.731. The van der Waals surface area contributed by atoms with Crippen LogP contribution in [-0.2, 0) is 11.3 Å². The fourth-order valence-electron chi connectivity index (χ4n) is 17.1. The standard InChI is InChI=1S/C7H6BrO.C5H5.Fe/c8-5-7(9)6-3-1-2-4-6;1-2-4-5-3-1;/h1-4H,5H2;1-5H;. The zero-order chi connectivity index (χ0) is 9.30. The SMILES string of the molecule is O=C(CBr)[C]12[CH]3[CH]4[CH]5[CH]1[Fe]45321678[CH]2[CH]1[CH]6[CH]7[CH]28. The first-order valence-corrected chi connectivity index (χ1v) is 13.7. The van der Waals surface area contributed by atoms with Crippen molar-refractivity contribution < 1.29 is 11.3 Å². The Hall–Kier alpha value is 0.669. The Kier molecular flexibility index (Phi) is 0.148. The third-order valence-electron chi connectivity index (χ3n) is 15.2. The Labute approximate surface area is 85.8 Å². The minimum absolute atomic E-state index is 0.516. The Morgan fingerprint density at radius 1 is 1.00 bits per heavy atom. The predicted molar refractivity (Wildman–Crippen MR) is 55.2 cm³/mol. The van der Waals surface area contributed by atoms with Crippen LogP contribution in [-0.4, -0.2) is 11.1 Å². The van der Waals surface area contributed by atoms with Gasteiger partial charge in [-0.2, -0.15) is 0 Å². The van der Waals surface area contributed by atoms with Crippen LogP contribution in [0.5, 0.6) is 0 Å². The van der Waals surface area contributed by atoms with Gasteiger partial charge in [-0.3, -0.25) is 0 Å². The monoisotopic (exact) mass is 306 g/mol. The van der Waals surface area contributed by atoms with Crippen LogP contribution >= 0.6 is 15.9 Å². The molecule has 0 radical (unpaired) electrons. The van der Waals surface area contributed by atoms with Crippen LogP contribution in [0.25, 0.3) is 0 Å². The fourth-order valence-corrected chi connectivity index (χ4v) is 91.9. The molecule has 0 amide bonds. The van der Waals surface area contributed by atoms with Gasteiger partial charge in [0.2, 0.25) is 0 Å². The zero-order valence-electron chi connectivity index (χ0n) is 8.04. The molecule has 4 unspecified atom stereocenters. The first-order valence-electron chi connectivity index (χ1n) is 6.33. The number of rotatable bonds is 2. The van der Waals surface area contributed by atoms with Crippen molar-refractivity contribution in [3.05, 3.63) is 0 Å². The molecular formula is C12H11BrFeO. The molecule has 0 aromatic carbocycles. The molecule has 80 valence electrons. The van der Waals surface area contributed by atoms with E-state index in [9.17, 15) is 4.79 Å². The molecule has 10 fully saturated rings. The van der Waals surface area contributed by atoms with Gasteiger partial charge in [0.15, 0.2) is 0 Å². The molecule has 0 N–H and O–H groups in total. The number of carbonyl (C=O) groups is 1.